The molecule has 1 atom stereocenters. The quantitative estimate of drug-likeness (QED) is 0.123. The average Bonchev–Trinajstić information content (AvgIpc) is 3.50. The molecule has 0 bridgehead atoms. The Balaban J connectivity index is 1.60. The SMILES string of the molecule is CC(C)(NC(=O)C#Cc1ccccc1)C(=O)N1CC=CC1C(=O)NCc1ccc(/C(N)=N\O)s1. The molecular weight excluding hydrogens is 454 g/mol. The fourth-order valence-corrected chi connectivity index (χ4v) is 4.12. The highest BCUT2D eigenvalue weighted by atomic mass is 32.1. The maximum absolute atomic E-state index is 13.2. The third kappa shape index (κ3) is 6.02. The van der Waals surface area contributed by atoms with Crippen molar-refractivity contribution in [1.29, 1.82) is 0 Å². The van der Waals surface area contributed by atoms with E-state index in [1.165, 1.54) is 16.2 Å². The third-order valence-electron chi connectivity index (χ3n) is 5.00. The van der Waals surface area contributed by atoms with Crippen molar-refractivity contribution in [1.82, 2.24) is 15.5 Å². The first kappa shape index (κ1) is 24.5. The molecule has 2 heterocycles. The number of thiophene rings is 1. The van der Waals surface area contributed by atoms with Gasteiger partial charge >= 0.3 is 0 Å². The van der Waals surface area contributed by atoms with Crippen LogP contribution in [-0.4, -0.2) is 51.8 Å². The molecule has 9 nitrogen and oxygen atoms in total. The number of nitrogens with zero attached hydrogens (tertiary/aromatic N) is 2. The van der Waals surface area contributed by atoms with E-state index in [0.717, 1.165) is 4.88 Å². The molecule has 0 spiro atoms. The highest BCUT2D eigenvalue weighted by Gasteiger charge is 2.39. The molecular formula is C24H25N5O4S. The number of hydrogen-bond donors (Lipinski definition) is 4. The van der Waals surface area contributed by atoms with Crippen LogP contribution in [0, 0.1) is 11.8 Å². The van der Waals surface area contributed by atoms with Crippen molar-refractivity contribution in [2.75, 3.05) is 6.54 Å². The predicted molar refractivity (Wildman–Crippen MR) is 129 cm³/mol. The van der Waals surface area contributed by atoms with E-state index in [-0.39, 0.29) is 24.8 Å². The second-order valence-electron chi connectivity index (χ2n) is 7.99. The van der Waals surface area contributed by atoms with E-state index in [0.29, 0.717) is 10.4 Å². The van der Waals surface area contributed by atoms with E-state index in [1.807, 2.05) is 18.2 Å². The number of nitrogens with two attached hydrogens (primary N) is 1. The van der Waals surface area contributed by atoms with E-state index in [1.54, 1.807) is 50.3 Å². The van der Waals surface area contributed by atoms with Crippen LogP contribution in [-0.2, 0) is 20.9 Å². The molecule has 1 aromatic carbocycles. The minimum absolute atomic E-state index is 0.00388. The minimum Gasteiger partial charge on any atom is -0.409 e. The summed E-state index contributed by atoms with van der Waals surface area (Å²) < 4.78 is 0. The lowest BCUT2D eigenvalue weighted by Gasteiger charge is -2.32. The summed E-state index contributed by atoms with van der Waals surface area (Å²) in [5, 5.41) is 17.2. The largest absolute Gasteiger partial charge is 0.409 e. The molecule has 0 saturated carbocycles. The molecule has 1 aliphatic rings. The van der Waals surface area contributed by atoms with Gasteiger partial charge in [-0.25, -0.2) is 0 Å². The van der Waals surface area contributed by atoms with Gasteiger partial charge in [-0.05, 0) is 38.1 Å². The third-order valence-corrected chi connectivity index (χ3v) is 6.11. The number of oxime groups is 1. The number of benzene rings is 1. The molecule has 0 radical (unpaired) electrons. The number of amides is 3. The lowest BCUT2D eigenvalue weighted by atomic mass is 10.0. The molecule has 0 aliphatic carbocycles. The molecule has 34 heavy (non-hydrogen) atoms. The van der Waals surface area contributed by atoms with Gasteiger partial charge in [0.05, 0.1) is 11.4 Å². The minimum atomic E-state index is -1.27. The smallest absolute Gasteiger partial charge is 0.297 e. The van der Waals surface area contributed by atoms with Crippen molar-refractivity contribution in [3.63, 3.8) is 0 Å². The van der Waals surface area contributed by atoms with E-state index in [4.69, 9.17) is 10.9 Å². The van der Waals surface area contributed by atoms with Crippen molar-refractivity contribution in [3.8, 4) is 11.8 Å². The Kier molecular flexibility index (Phi) is 7.71. The summed E-state index contributed by atoms with van der Waals surface area (Å²) in [4.78, 5) is 41.1. The zero-order valence-corrected chi connectivity index (χ0v) is 19.6. The normalized spacial score (nSPS) is 15.4. The summed E-state index contributed by atoms with van der Waals surface area (Å²) >= 11 is 1.28. The molecule has 1 aromatic heterocycles. The van der Waals surface area contributed by atoms with Crippen molar-refractivity contribution < 1.29 is 19.6 Å². The Morgan fingerprint density at radius 3 is 2.68 bits per heavy atom. The summed E-state index contributed by atoms with van der Waals surface area (Å²) in [6.07, 6.45) is 3.38. The number of nitrogens with one attached hydrogen (secondary N) is 2. The van der Waals surface area contributed by atoms with Gasteiger partial charge in [0.1, 0.15) is 11.6 Å². The van der Waals surface area contributed by atoms with Crippen LogP contribution in [0.25, 0.3) is 0 Å². The molecule has 1 unspecified atom stereocenters. The van der Waals surface area contributed by atoms with E-state index >= 15 is 0 Å². The molecule has 3 amide bonds. The lowest BCUT2D eigenvalue weighted by Crippen LogP contribution is -2.58. The van der Waals surface area contributed by atoms with E-state index < -0.39 is 23.4 Å². The highest BCUT2D eigenvalue weighted by molar-refractivity contribution is 7.14. The molecule has 0 fully saturated rings. The molecule has 2 aromatic rings. The van der Waals surface area contributed by atoms with Crippen LogP contribution < -0.4 is 16.4 Å². The lowest BCUT2D eigenvalue weighted by molar-refractivity contribution is -0.143. The van der Waals surface area contributed by atoms with Crippen LogP contribution in [0.15, 0.2) is 59.8 Å². The number of hydrogen-bond acceptors (Lipinski definition) is 6. The Morgan fingerprint density at radius 1 is 1.24 bits per heavy atom. The average molecular weight is 480 g/mol. The highest BCUT2D eigenvalue weighted by Crippen LogP contribution is 2.19. The van der Waals surface area contributed by atoms with Crippen molar-refractivity contribution in [2.24, 2.45) is 10.9 Å². The van der Waals surface area contributed by atoms with Crippen molar-refractivity contribution in [2.45, 2.75) is 32.0 Å². The van der Waals surface area contributed by atoms with E-state index in [9.17, 15) is 14.4 Å². The number of rotatable bonds is 6. The fourth-order valence-electron chi connectivity index (χ4n) is 3.28. The Morgan fingerprint density at radius 2 is 1.97 bits per heavy atom. The molecule has 5 N–H and O–H groups in total. The van der Waals surface area contributed by atoms with Gasteiger partial charge in [0, 0.05) is 22.9 Å². The molecule has 10 heteroatoms. The van der Waals surface area contributed by atoms with Gasteiger partial charge in [-0.15, -0.1) is 11.3 Å². The molecule has 1 aliphatic heterocycles. The summed E-state index contributed by atoms with van der Waals surface area (Å²) in [5.74, 6) is 3.89. The van der Waals surface area contributed by atoms with Crippen molar-refractivity contribution in [3.05, 3.63) is 69.9 Å². The van der Waals surface area contributed by atoms with E-state index in [2.05, 4.69) is 27.6 Å². The van der Waals surface area contributed by atoms with Crippen LogP contribution in [0.4, 0.5) is 0 Å². The predicted octanol–water partition coefficient (Wildman–Crippen LogP) is 1.17. The second-order valence-corrected chi connectivity index (χ2v) is 9.16. The zero-order valence-electron chi connectivity index (χ0n) is 18.7. The van der Waals surface area contributed by atoms with Gasteiger partial charge in [-0.3, -0.25) is 14.4 Å². The Bertz CT molecular complexity index is 1190. The second kappa shape index (κ2) is 10.7. The number of carbonyl (C=O) groups excluding carboxylic acids is 3. The first-order valence-electron chi connectivity index (χ1n) is 10.4. The monoisotopic (exact) mass is 479 g/mol. The van der Waals surface area contributed by atoms with Gasteiger partial charge in [0.25, 0.3) is 5.91 Å². The zero-order chi connectivity index (χ0) is 24.7. The maximum atomic E-state index is 13.2. The Hall–Kier alpha value is -4.10. The van der Waals surface area contributed by atoms with Gasteiger partial charge in [-0.1, -0.05) is 41.4 Å². The van der Waals surface area contributed by atoms with Gasteiger partial charge in [0.2, 0.25) is 11.8 Å². The molecule has 176 valence electrons. The summed E-state index contributed by atoms with van der Waals surface area (Å²) in [6, 6.07) is 11.7. The van der Waals surface area contributed by atoms with Crippen molar-refractivity contribution >= 4 is 34.9 Å². The molecule has 0 saturated heterocycles. The van der Waals surface area contributed by atoms with Crippen LogP contribution in [0.2, 0.25) is 0 Å². The first-order chi connectivity index (χ1) is 16.2. The van der Waals surface area contributed by atoms with Crippen LogP contribution in [0.3, 0.4) is 0 Å². The topological polar surface area (TPSA) is 137 Å². The summed E-state index contributed by atoms with van der Waals surface area (Å²) in [5.41, 5.74) is 4.99. The van der Waals surface area contributed by atoms with Crippen LogP contribution in [0.1, 0.15) is 29.2 Å². The maximum Gasteiger partial charge on any atom is 0.297 e. The summed E-state index contributed by atoms with van der Waals surface area (Å²) in [6.45, 7) is 3.62. The number of carbonyl (C=O) groups is 3. The van der Waals surface area contributed by atoms with Crippen LogP contribution in [0.5, 0.6) is 0 Å². The molecule has 3 rings (SSSR count). The van der Waals surface area contributed by atoms with Gasteiger partial charge < -0.3 is 26.5 Å². The Labute approximate surface area is 201 Å². The van der Waals surface area contributed by atoms with Crippen LogP contribution >= 0.6 is 11.3 Å². The first-order valence-corrected chi connectivity index (χ1v) is 11.2. The number of amidine groups is 1. The van der Waals surface area contributed by atoms with Gasteiger partial charge in [0.15, 0.2) is 5.84 Å². The van der Waals surface area contributed by atoms with Gasteiger partial charge in [-0.2, -0.15) is 0 Å². The fraction of sp³-hybridized carbons (Fsp3) is 0.250. The standard InChI is InChI=1S/C24H25N5O4S/c1-24(2,27-20(30)13-10-16-7-4-3-5-8-16)23(32)29-14-6-9-18(29)22(31)26-15-17-11-12-19(34-17)21(25)28-33/h3-9,11-12,18,33H,14-15H2,1-2H3,(H2,25,28)(H,26,31)(H,27,30). The summed E-state index contributed by atoms with van der Waals surface area (Å²) in [7, 11) is 0.